The van der Waals surface area contributed by atoms with E-state index in [1.165, 1.54) is 35.5 Å². The molecule has 1 unspecified atom stereocenters. The number of anilines is 3. The van der Waals surface area contributed by atoms with Crippen LogP contribution in [0.2, 0.25) is 0 Å². The lowest BCUT2D eigenvalue weighted by atomic mass is 10.0. The molecule has 3 aromatic rings. The second-order valence-corrected chi connectivity index (χ2v) is 8.89. The molecule has 2 atom stereocenters. The fourth-order valence-electron chi connectivity index (χ4n) is 4.43. The SMILES string of the molecule is O=C(Nc1nccc(OC[C@@H](O)CO)n1)N1c2nc(-c3cccc(C(F)(F)F)c3)ncc2N2CCCC1C2. The van der Waals surface area contributed by atoms with Crippen LogP contribution in [0.4, 0.5) is 35.4 Å². The smallest absolute Gasteiger partial charge is 0.416 e. The number of carbonyl (C=O) groups excluding carboxylic acids is 1. The van der Waals surface area contributed by atoms with Crippen molar-refractivity contribution in [3.05, 3.63) is 48.3 Å². The predicted molar refractivity (Wildman–Crippen MR) is 130 cm³/mol. The molecular formula is C24H24F3N7O4. The van der Waals surface area contributed by atoms with Crippen molar-refractivity contribution in [1.29, 1.82) is 0 Å². The van der Waals surface area contributed by atoms with Gasteiger partial charge in [0.15, 0.2) is 11.6 Å². The van der Waals surface area contributed by atoms with Crippen LogP contribution in [-0.2, 0) is 6.18 Å². The summed E-state index contributed by atoms with van der Waals surface area (Å²) in [4.78, 5) is 34.0. The van der Waals surface area contributed by atoms with Crippen LogP contribution < -0.4 is 19.9 Å². The average Bonchev–Trinajstić information content (AvgIpc) is 2.91. The van der Waals surface area contributed by atoms with Crippen LogP contribution in [0.1, 0.15) is 18.4 Å². The van der Waals surface area contributed by atoms with E-state index in [0.29, 0.717) is 18.7 Å². The number of hydrogen-bond acceptors (Lipinski definition) is 9. The number of alkyl halides is 3. The first kappa shape index (κ1) is 25.6. The van der Waals surface area contributed by atoms with Gasteiger partial charge in [-0.3, -0.25) is 10.2 Å². The minimum Gasteiger partial charge on any atom is -0.475 e. The van der Waals surface area contributed by atoms with Gasteiger partial charge >= 0.3 is 12.2 Å². The number of aliphatic hydroxyl groups excluding tert-OH is 2. The first-order valence-corrected chi connectivity index (χ1v) is 11.9. The van der Waals surface area contributed by atoms with E-state index in [9.17, 15) is 23.1 Å². The van der Waals surface area contributed by atoms with E-state index in [1.807, 2.05) is 0 Å². The van der Waals surface area contributed by atoms with Gasteiger partial charge in [-0.25, -0.2) is 19.7 Å². The second-order valence-electron chi connectivity index (χ2n) is 8.89. The molecule has 0 saturated carbocycles. The Kier molecular flexibility index (Phi) is 6.99. The van der Waals surface area contributed by atoms with Crippen molar-refractivity contribution in [2.45, 2.75) is 31.2 Å². The van der Waals surface area contributed by atoms with Gasteiger partial charge in [0.2, 0.25) is 11.8 Å². The zero-order valence-electron chi connectivity index (χ0n) is 20.0. The van der Waals surface area contributed by atoms with Gasteiger partial charge in [-0.2, -0.15) is 18.2 Å². The van der Waals surface area contributed by atoms with Gasteiger partial charge < -0.3 is 19.8 Å². The highest BCUT2D eigenvalue weighted by atomic mass is 19.4. The third-order valence-corrected chi connectivity index (χ3v) is 6.23. The van der Waals surface area contributed by atoms with E-state index in [0.717, 1.165) is 25.1 Å². The number of carbonyl (C=O) groups is 1. The van der Waals surface area contributed by atoms with Crippen molar-refractivity contribution in [1.82, 2.24) is 19.9 Å². The largest absolute Gasteiger partial charge is 0.475 e. The maximum absolute atomic E-state index is 13.5. The van der Waals surface area contributed by atoms with Gasteiger partial charge in [0.1, 0.15) is 12.7 Å². The van der Waals surface area contributed by atoms with Gasteiger partial charge in [0.05, 0.1) is 30.1 Å². The number of fused-ring (bicyclic) bond motifs is 4. The summed E-state index contributed by atoms with van der Waals surface area (Å²) in [6.45, 7) is 0.614. The number of benzene rings is 1. The molecule has 1 saturated heterocycles. The topological polar surface area (TPSA) is 137 Å². The Hall–Kier alpha value is -4.04. The minimum absolute atomic E-state index is 0.0575. The van der Waals surface area contributed by atoms with Crippen LogP contribution in [0.3, 0.4) is 0 Å². The minimum atomic E-state index is -4.52. The van der Waals surface area contributed by atoms with Gasteiger partial charge in [-0.1, -0.05) is 12.1 Å². The Bertz CT molecular complexity index is 1330. The zero-order valence-corrected chi connectivity index (χ0v) is 20.0. The number of urea groups is 1. The van der Waals surface area contributed by atoms with E-state index < -0.39 is 30.5 Å². The van der Waals surface area contributed by atoms with Crippen LogP contribution in [0, 0.1) is 0 Å². The summed E-state index contributed by atoms with van der Waals surface area (Å²) in [7, 11) is 0. The number of piperidine rings is 1. The monoisotopic (exact) mass is 531 g/mol. The predicted octanol–water partition coefficient (Wildman–Crippen LogP) is 2.71. The van der Waals surface area contributed by atoms with Crippen molar-refractivity contribution >= 4 is 23.5 Å². The quantitative estimate of drug-likeness (QED) is 0.439. The van der Waals surface area contributed by atoms with Gasteiger partial charge in [-0.15, -0.1) is 0 Å². The van der Waals surface area contributed by atoms with Crippen molar-refractivity contribution in [2.24, 2.45) is 0 Å². The van der Waals surface area contributed by atoms with Gasteiger partial charge in [0.25, 0.3) is 0 Å². The third-order valence-electron chi connectivity index (χ3n) is 6.23. The van der Waals surface area contributed by atoms with Gasteiger partial charge in [0, 0.05) is 30.9 Å². The normalized spacial score (nSPS) is 17.6. The standard InChI is InChI=1S/C24H24F3N7O4/c25-24(26,27)15-4-1-3-14(9-15)20-29-10-18-21(31-20)34(16-5-2-8-33(18)11-16)23(37)32-22-28-7-6-19(30-22)38-13-17(36)12-35/h1,3-4,6-7,9-10,16-17,35-36H,2,5,8,11-13H2,(H,28,30,32,37)/t16?,17-/m0/s1. The summed E-state index contributed by atoms with van der Waals surface area (Å²) < 4.78 is 45.1. The first-order chi connectivity index (χ1) is 18.2. The number of hydrogen-bond donors (Lipinski definition) is 3. The third kappa shape index (κ3) is 5.31. The zero-order chi connectivity index (χ0) is 26.9. The molecule has 5 rings (SSSR count). The molecule has 38 heavy (non-hydrogen) atoms. The molecule has 1 fully saturated rings. The molecule has 200 valence electrons. The summed E-state index contributed by atoms with van der Waals surface area (Å²) in [5.41, 5.74) is -0.0490. The molecule has 2 amide bonds. The fraction of sp³-hybridized carbons (Fsp3) is 0.375. The highest BCUT2D eigenvalue weighted by Gasteiger charge is 2.39. The molecule has 4 heterocycles. The molecule has 2 aliphatic heterocycles. The van der Waals surface area contributed by atoms with E-state index in [2.05, 4.69) is 30.2 Å². The fourth-order valence-corrected chi connectivity index (χ4v) is 4.43. The van der Waals surface area contributed by atoms with E-state index in [1.54, 1.807) is 0 Å². The van der Waals surface area contributed by atoms with Crippen molar-refractivity contribution in [3.63, 3.8) is 0 Å². The number of aromatic nitrogens is 4. The van der Waals surface area contributed by atoms with Crippen LogP contribution in [0.15, 0.2) is 42.7 Å². The Morgan fingerprint density at radius 2 is 2.08 bits per heavy atom. The summed E-state index contributed by atoms with van der Waals surface area (Å²) in [6, 6.07) is 5.35. The number of aliphatic hydroxyl groups is 2. The second kappa shape index (κ2) is 10.4. The Labute approximate surface area is 214 Å². The molecule has 0 aliphatic carbocycles. The Balaban J connectivity index is 1.44. The number of amides is 2. The van der Waals surface area contributed by atoms with Crippen molar-refractivity contribution < 1.29 is 32.9 Å². The maximum Gasteiger partial charge on any atom is 0.416 e. The lowest BCUT2D eigenvalue weighted by molar-refractivity contribution is -0.137. The molecule has 1 aromatic carbocycles. The highest BCUT2D eigenvalue weighted by molar-refractivity contribution is 6.03. The first-order valence-electron chi connectivity index (χ1n) is 11.9. The van der Waals surface area contributed by atoms with E-state index in [-0.39, 0.29) is 41.7 Å². The maximum atomic E-state index is 13.5. The molecule has 11 nitrogen and oxygen atoms in total. The molecule has 2 aliphatic rings. The van der Waals surface area contributed by atoms with Crippen molar-refractivity contribution in [3.8, 4) is 17.3 Å². The molecule has 2 bridgehead atoms. The van der Waals surface area contributed by atoms with Crippen LogP contribution >= 0.6 is 0 Å². The summed E-state index contributed by atoms with van der Waals surface area (Å²) in [5, 5.41) is 21.0. The number of halogens is 3. The van der Waals surface area contributed by atoms with Crippen LogP contribution in [0.25, 0.3) is 11.4 Å². The Morgan fingerprint density at radius 3 is 2.87 bits per heavy atom. The number of ether oxygens (including phenoxy) is 1. The number of rotatable bonds is 6. The molecule has 2 aromatic heterocycles. The van der Waals surface area contributed by atoms with Crippen LogP contribution in [0.5, 0.6) is 5.88 Å². The Morgan fingerprint density at radius 1 is 1.24 bits per heavy atom. The highest BCUT2D eigenvalue weighted by Crippen LogP contribution is 2.39. The summed E-state index contributed by atoms with van der Waals surface area (Å²) in [5.74, 6) is 0.361. The lowest BCUT2D eigenvalue weighted by Crippen LogP contribution is -2.56. The van der Waals surface area contributed by atoms with E-state index >= 15 is 0 Å². The number of nitrogens with one attached hydrogen (secondary N) is 1. The van der Waals surface area contributed by atoms with E-state index in [4.69, 9.17) is 9.84 Å². The van der Waals surface area contributed by atoms with Gasteiger partial charge in [-0.05, 0) is 25.0 Å². The molecule has 3 N–H and O–H groups in total. The molecule has 14 heteroatoms. The van der Waals surface area contributed by atoms with Crippen LogP contribution in [-0.4, -0.2) is 74.6 Å². The van der Waals surface area contributed by atoms with Crippen molar-refractivity contribution in [2.75, 3.05) is 41.4 Å². The summed E-state index contributed by atoms with van der Waals surface area (Å²) >= 11 is 0. The molecule has 0 radical (unpaired) electrons. The molecule has 0 spiro atoms. The molecular weight excluding hydrogens is 507 g/mol. The summed E-state index contributed by atoms with van der Waals surface area (Å²) in [6.07, 6.45) is -1.19. The average molecular weight is 531 g/mol. The lowest BCUT2D eigenvalue weighted by Gasteiger charge is -2.45. The number of nitrogens with zero attached hydrogens (tertiary/aromatic N) is 6.